The predicted octanol–water partition coefficient (Wildman–Crippen LogP) is 5.25. The third kappa shape index (κ3) is 3.86. The van der Waals surface area contributed by atoms with Crippen molar-refractivity contribution >= 4 is 33.7 Å². The number of aromatic nitrogens is 7. The molecular weight excluding hydrogens is 478 g/mol. The largest absolute Gasteiger partial charge is 0.335 e. The highest BCUT2D eigenvalue weighted by Gasteiger charge is 2.22. The third-order valence-corrected chi connectivity index (χ3v) is 5.94. The highest BCUT2D eigenvalue weighted by molar-refractivity contribution is 5.97. The Balaban J connectivity index is 1.48. The molecule has 6 aromatic rings. The number of imidazole rings is 1. The number of fused-ring (bicyclic) bond motifs is 2. The number of nitrogens with one attached hydrogen (secondary N) is 3. The standard InChI is InChI=1S/C26H18F2N8O/c1-2-19(37)32-14-9-13(10-29-11-14)22-21(28)20-18(12-31-22)35-36-24(20)26-33-23-16(7-8-30-25(23)34-26)15-5-3-4-6-17(15)27/h3-12H,2H2,1H3,(H,32,37)(H,35,36)(H,30,33,34). The molecule has 0 saturated heterocycles. The first-order valence-electron chi connectivity index (χ1n) is 11.4. The maximum atomic E-state index is 15.9. The maximum absolute atomic E-state index is 15.9. The molecule has 0 radical (unpaired) electrons. The summed E-state index contributed by atoms with van der Waals surface area (Å²) in [4.78, 5) is 32.0. The second-order valence-electron chi connectivity index (χ2n) is 8.27. The number of pyridine rings is 3. The van der Waals surface area contributed by atoms with Gasteiger partial charge in [0.1, 0.15) is 17.2 Å². The Hall–Kier alpha value is -5.06. The van der Waals surface area contributed by atoms with E-state index in [0.29, 0.717) is 45.5 Å². The van der Waals surface area contributed by atoms with E-state index in [1.807, 2.05) is 0 Å². The third-order valence-electron chi connectivity index (χ3n) is 5.94. The van der Waals surface area contributed by atoms with E-state index >= 15 is 4.39 Å². The number of carbonyl (C=O) groups is 1. The van der Waals surface area contributed by atoms with Crippen molar-refractivity contribution in [2.24, 2.45) is 0 Å². The minimum absolute atomic E-state index is 0.0385. The van der Waals surface area contributed by atoms with Crippen molar-refractivity contribution in [2.45, 2.75) is 13.3 Å². The molecule has 0 aliphatic heterocycles. The molecular formula is C26H18F2N8O. The Kier molecular flexibility index (Phi) is 5.37. The lowest BCUT2D eigenvalue weighted by Crippen LogP contribution is -2.09. The van der Waals surface area contributed by atoms with Gasteiger partial charge in [-0.05, 0) is 18.2 Å². The average Bonchev–Trinajstić information content (AvgIpc) is 3.54. The van der Waals surface area contributed by atoms with Crippen molar-refractivity contribution in [3.8, 4) is 33.9 Å². The molecule has 0 spiro atoms. The van der Waals surface area contributed by atoms with Crippen LogP contribution in [0.3, 0.4) is 0 Å². The zero-order valence-corrected chi connectivity index (χ0v) is 19.4. The monoisotopic (exact) mass is 496 g/mol. The molecule has 6 rings (SSSR count). The molecule has 3 N–H and O–H groups in total. The van der Waals surface area contributed by atoms with Gasteiger partial charge in [-0.2, -0.15) is 5.10 Å². The quantitative estimate of drug-likeness (QED) is 0.299. The number of halogens is 2. The second-order valence-corrected chi connectivity index (χ2v) is 8.27. The summed E-state index contributed by atoms with van der Waals surface area (Å²) >= 11 is 0. The van der Waals surface area contributed by atoms with E-state index in [0.717, 1.165) is 0 Å². The molecule has 0 atom stereocenters. The van der Waals surface area contributed by atoms with Crippen LogP contribution in [0.2, 0.25) is 0 Å². The first kappa shape index (κ1) is 22.4. The number of H-pyrrole nitrogens is 2. The van der Waals surface area contributed by atoms with Crippen LogP contribution in [-0.2, 0) is 4.79 Å². The van der Waals surface area contributed by atoms with Crippen LogP contribution in [0.15, 0.2) is 61.2 Å². The molecule has 182 valence electrons. The van der Waals surface area contributed by atoms with Gasteiger partial charge in [0.25, 0.3) is 0 Å². The summed E-state index contributed by atoms with van der Waals surface area (Å²) in [7, 11) is 0. The SMILES string of the molecule is CCC(=O)Nc1cncc(-c2ncc3[nH]nc(-c4nc5nccc(-c6ccccc6F)c5[nH]4)c3c2F)c1. The van der Waals surface area contributed by atoms with Gasteiger partial charge in [-0.25, -0.2) is 18.7 Å². The molecule has 1 amide bonds. The van der Waals surface area contributed by atoms with Crippen LogP contribution < -0.4 is 5.32 Å². The van der Waals surface area contributed by atoms with Crippen LogP contribution in [0.25, 0.3) is 56.0 Å². The molecule has 0 fully saturated rings. The minimum atomic E-state index is -0.634. The van der Waals surface area contributed by atoms with E-state index in [1.54, 1.807) is 37.3 Å². The Bertz CT molecular complexity index is 1810. The summed E-state index contributed by atoms with van der Waals surface area (Å²) in [5.41, 5.74) is 3.23. The second kappa shape index (κ2) is 8.86. The maximum Gasteiger partial charge on any atom is 0.224 e. The summed E-state index contributed by atoms with van der Waals surface area (Å²) in [6.45, 7) is 1.73. The number of benzene rings is 1. The van der Waals surface area contributed by atoms with E-state index in [4.69, 9.17) is 0 Å². The Morgan fingerprint density at radius 3 is 2.73 bits per heavy atom. The zero-order chi connectivity index (χ0) is 25.5. The highest BCUT2D eigenvalue weighted by Crippen LogP contribution is 2.34. The van der Waals surface area contributed by atoms with E-state index < -0.39 is 5.82 Å². The van der Waals surface area contributed by atoms with E-state index in [9.17, 15) is 9.18 Å². The number of aromatic amines is 2. The Labute approximate surface area is 208 Å². The van der Waals surface area contributed by atoms with Crippen molar-refractivity contribution < 1.29 is 13.6 Å². The van der Waals surface area contributed by atoms with Crippen molar-refractivity contribution in [3.63, 3.8) is 0 Å². The fraction of sp³-hybridized carbons (Fsp3) is 0.0769. The number of amides is 1. The van der Waals surface area contributed by atoms with Crippen molar-refractivity contribution in [2.75, 3.05) is 5.32 Å². The van der Waals surface area contributed by atoms with Gasteiger partial charge in [0.15, 0.2) is 17.3 Å². The van der Waals surface area contributed by atoms with Crippen molar-refractivity contribution in [3.05, 3.63) is 72.8 Å². The summed E-state index contributed by atoms with van der Waals surface area (Å²) in [5, 5.41) is 9.93. The smallest absolute Gasteiger partial charge is 0.224 e. The summed E-state index contributed by atoms with van der Waals surface area (Å²) < 4.78 is 30.4. The lowest BCUT2D eigenvalue weighted by Gasteiger charge is -2.07. The summed E-state index contributed by atoms with van der Waals surface area (Å²) in [6, 6.07) is 9.68. The predicted molar refractivity (Wildman–Crippen MR) is 134 cm³/mol. The number of nitrogens with zero attached hydrogens (tertiary/aromatic N) is 5. The molecule has 37 heavy (non-hydrogen) atoms. The number of hydrogen-bond donors (Lipinski definition) is 3. The first-order valence-corrected chi connectivity index (χ1v) is 11.4. The molecule has 5 heterocycles. The van der Waals surface area contributed by atoms with Crippen molar-refractivity contribution in [1.29, 1.82) is 0 Å². The van der Waals surface area contributed by atoms with Crippen LogP contribution in [-0.4, -0.2) is 41.0 Å². The lowest BCUT2D eigenvalue weighted by atomic mass is 10.1. The van der Waals surface area contributed by atoms with E-state index in [2.05, 4.69) is 40.4 Å². The van der Waals surface area contributed by atoms with Crippen LogP contribution in [0.4, 0.5) is 14.5 Å². The molecule has 0 aliphatic carbocycles. The van der Waals surface area contributed by atoms with Gasteiger partial charge in [-0.1, -0.05) is 25.1 Å². The average molecular weight is 496 g/mol. The number of carbonyl (C=O) groups excluding carboxylic acids is 1. The van der Waals surface area contributed by atoms with Crippen LogP contribution in [0.1, 0.15) is 13.3 Å². The number of anilines is 1. The van der Waals surface area contributed by atoms with Gasteiger partial charge in [0.2, 0.25) is 5.91 Å². The Morgan fingerprint density at radius 1 is 1.03 bits per heavy atom. The van der Waals surface area contributed by atoms with Crippen LogP contribution in [0, 0.1) is 11.6 Å². The van der Waals surface area contributed by atoms with E-state index in [1.165, 1.54) is 30.9 Å². The normalized spacial score (nSPS) is 11.3. The molecule has 9 nitrogen and oxygen atoms in total. The van der Waals surface area contributed by atoms with Gasteiger partial charge in [-0.15, -0.1) is 0 Å². The molecule has 5 aromatic heterocycles. The minimum Gasteiger partial charge on any atom is -0.335 e. The first-order chi connectivity index (χ1) is 18.0. The summed E-state index contributed by atoms with van der Waals surface area (Å²) in [6.07, 6.45) is 6.24. The molecule has 11 heteroatoms. The highest BCUT2D eigenvalue weighted by atomic mass is 19.1. The van der Waals surface area contributed by atoms with Gasteiger partial charge >= 0.3 is 0 Å². The summed E-state index contributed by atoms with van der Waals surface area (Å²) in [5.74, 6) is -0.947. The van der Waals surface area contributed by atoms with Crippen LogP contribution >= 0.6 is 0 Å². The number of rotatable bonds is 5. The molecule has 0 bridgehead atoms. The van der Waals surface area contributed by atoms with Crippen molar-refractivity contribution in [1.82, 2.24) is 35.1 Å². The van der Waals surface area contributed by atoms with Gasteiger partial charge < -0.3 is 10.3 Å². The van der Waals surface area contributed by atoms with Gasteiger partial charge in [0, 0.05) is 35.5 Å². The molecule has 1 aromatic carbocycles. The molecule has 0 unspecified atom stereocenters. The molecule has 0 saturated carbocycles. The van der Waals surface area contributed by atoms with Gasteiger partial charge in [0.05, 0.1) is 34.5 Å². The van der Waals surface area contributed by atoms with Crippen LogP contribution in [0.5, 0.6) is 0 Å². The van der Waals surface area contributed by atoms with Gasteiger partial charge in [-0.3, -0.25) is 19.9 Å². The fourth-order valence-corrected chi connectivity index (χ4v) is 4.16. The Morgan fingerprint density at radius 2 is 1.89 bits per heavy atom. The topological polar surface area (TPSA) is 125 Å². The number of hydrogen-bond acceptors (Lipinski definition) is 6. The zero-order valence-electron chi connectivity index (χ0n) is 19.4. The lowest BCUT2D eigenvalue weighted by molar-refractivity contribution is -0.115. The van der Waals surface area contributed by atoms with E-state index in [-0.39, 0.29) is 34.3 Å². The fourth-order valence-electron chi connectivity index (χ4n) is 4.16. The molecule has 0 aliphatic rings.